The van der Waals surface area contributed by atoms with Crippen LogP contribution in [0.2, 0.25) is 0 Å². The van der Waals surface area contributed by atoms with Crippen LogP contribution < -0.4 is 5.32 Å². The molecule has 4 unspecified atom stereocenters. The summed E-state index contributed by atoms with van der Waals surface area (Å²) in [5, 5.41) is 43.3. The number of amides is 1. The number of carbonyl (C=O) groups is 1. The molecule has 0 saturated carbocycles. The van der Waals surface area contributed by atoms with Crippen LogP contribution in [0, 0.1) is 0 Å². The van der Waals surface area contributed by atoms with E-state index in [0.29, 0.717) is 19.3 Å². The number of carbonyl (C=O) groups excluding carboxylic acids is 1. The number of rotatable bonds is 36. The molecule has 4 atom stereocenters. The molecule has 0 spiro atoms. The highest BCUT2D eigenvalue weighted by Gasteiger charge is 2.28. The van der Waals surface area contributed by atoms with Crippen molar-refractivity contribution in [2.45, 2.75) is 212 Å². The molecule has 5 N–H and O–H groups in total. The average molecular weight is 690 g/mol. The molecule has 0 aliphatic carbocycles. The van der Waals surface area contributed by atoms with Gasteiger partial charge in [-0.25, -0.2) is 0 Å². The molecule has 1 amide bonds. The molecule has 0 heterocycles. The maximum Gasteiger partial charge on any atom is 0.249 e. The fourth-order valence-corrected chi connectivity index (χ4v) is 5.89. The highest BCUT2D eigenvalue weighted by molar-refractivity contribution is 5.80. The third kappa shape index (κ3) is 32.0. The van der Waals surface area contributed by atoms with Gasteiger partial charge in [0, 0.05) is 0 Å². The van der Waals surface area contributed by atoms with Gasteiger partial charge in [-0.3, -0.25) is 4.79 Å². The lowest BCUT2D eigenvalue weighted by molar-refractivity contribution is -0.132. The molecule has 6 nitrogen and oxygen atoms in total. The molecule has 6 heteroatoms. The van der Waals surface area contributed by atoms with Crippen molar-refractivity contribution >= 4 is 5.91 Å². The summed E-state index contributed by atoms with van der Waals surface area (Å²) in [7, 11) is 0. The summed E-state index contributed by atoms with van der Waals surface area (Å²) in [6.07, 6.45) is 44.5. The minimum Gasteiger partial charge on any atom is -0.394 e. The van der Waals surface area contributed by atoms with Gasteiger partial charge in [0.05, 0.1) is 18.8 Å². The maximum absolute atomic E-state index is 12.4. The van der Waals surface area contributed by atoms with Crippen molar-refractivity contribution in [3.05, 3.63) is 48.6 Å². The van der Waals surface area contributed by atoms with E-state index in [0.717, 1.165) is 64.2 Å². The van der Waals surface area contributed by atoms with Crippen LogP contribution in [-0.4, -0.2) is 57.3 Å². The predicted octanol–water partition coefficient (Wildman–Crippen LogP) is 10.3. The van der Waals surface area contributed by atoms with E-state index in [1.54, 1.807) is 0 Å². The summed E-state index contributed by atoms with van der Waals surface area (Å²) in [5.41, 5.74) is 0. The van der Waals surface area contributed by atoms with E-state index in [9.17, 15) is 25.2 Å². The third-order valence-electron chi connectivity index (χ3n) is 9.22. The van der Waals surface area contributed by atoms with Crippen molar-refractivity contribution in [3.8, 4) is 0 Å². The van der Waals surface area contributed by atoms with Crippen molar-refractivity contribution in [2.75, 3.05) is 6.61 Å². The number of aliphatic hydroxyl groups excluding tert-OH is 4. The van der Waals surface area contributed by atoms with Gasteiger partial charge in [-0.05, 0) is 83.5 Å². The normalized spacial score (nSPS) is 14.8. The van der Waals surface area contributed by atoms with Gasteiger partial charge in [0.1, 0.15) is 12.2 Å². The zero-order chi connectivity index (χ0) is 36.0. The first kappa shape index (κ1) is 47.3. The van der Waals surface area contributed by atoms with Crippen molar-refractivity contribution in [3.63, 3.8) is 0 Å². The number of nitrogens with one attached hydrogen (secondary N) is 1. The molecule has 0 aromatic carbocycles. The molecule has 0 aliphatic rings. The number of hydrogen-bond acceptors (Lipinski definition) is 5. The van der Waals surface area contributed by atoms with E-state index in [1.807, 2.05) is 0 Å². The first-order chi connectivity index (χ1) is 24.0. The molecular weight excluding hydrogens is 610 g/mol. The van der Waals surface area contributed by atoms with Gasteiger partial charge in [-0.2, -0.15) is 0 Å². The highest BCUT2D eigenvalue weighted by Crippen LogP contribution is 2.13. The molecule has 0 radical (unpaired) electrons. The van der Waals surface area contributed by atoms with E-state index in [-0.39, 0.29) is 0 Å². The second-order valence-electron chi connectivity index (χ2n) is 13.9. The van der Waals surface area contributed by atoms with E-state index >= 15 is 0 Å². The van der Waals surface area contributed by atoms with Crippen LogP contribution in [0.3, 0.4) is 0 Å². The Morgan fingerprint density at radius 3 is 1.35 bits per heavy atom. The van der Waals surface area contributed by atoms with E-state index in [1.165, 1.54) is 89.9 Å². The topological polar surface area (TPSA) is 110 Å². The smallest absolute Gasteiger partial charge is 0.249 e. The molecule has 0 aromatic rings. The maximum atomic E-state index is 12.4. The molecular formula is C43H79NO5. The molecule has 286 valence electrons. The molecule has 0 rings (SSSR count). The molecule has 0 bridgehead atoms. The minimum absolute atomic E-state index is 0.335. The molecule has 0 saturated heterocycles. The second kappa shape index (κ2) is 37.5. The SMILES string of the molecule is CCCC/C=C\CCCCCC(O)C(=O)NC(CO)C(O)C(O)CCC/C=C/CC/C=C/CC/C=C/CCCCCCCCCCCCC. The summed E-state index contributed by atoms with van der Waals surface area (Å²) in [5.74, 6) is -0.618. The van der Waals surface area contributed by atoms with Crippen LogP contribution in [0.15, 0.2) is 48.6 Å². The van der Waals surface area contributed by atoms with Crippen molar-refractivity contribution in [1.29, 1.82) is 0 Å². The number of allylic oxidation sites excluding steroid dienone is 8. The molecule has 0 aromatic heterocycles. The van der Waals surface area contributed by atoms with Crippen LogP contribution in [0.5, 0.6) is 0 Å². The third-order valence-corrected chi connectivity index (χ3v) is 9.22. The lowest BCUT2D eigenvalue weighted by Gasteiger charge is -2.27. The quantitative estimate of drug-likeness (QED) is 0.0332. The van der Waals surface area contributed by atoms with Gasteiger partial charge in [0.2, 0.25) is 5.91 Å². The summed E-state index contributed by atoms with van der Waals surface area (Å²) in [6, 6.07) is -1.02. The molecule has 49 heavy (non-hydrogen) atoms. The van der Waals surface area contributed by atoms with Gasteiger partial charge in [-0.1, -0.05) is 152 Å². The Kier molecular flexibility index (Phi) is 36.2. The fraction of sp³-hybridized carbons (Fsp3) is 0.791. The fourth-order valence-electron chi connectivity index (χ4n) is 5.89. The lowest BCUT2D eigenvalue weighted by atomic mass is 10.00. The van der Waals surface area contributed by atoms with Crippen LogP contribution in [-0.2, 0) is 4.79 Å². The van der Waals surface area contributed by atoms with Gasteiger partial charge >= 0.3 is 0 Å². The first-order valence-corrected chi connectivity index (χ1v) is 20.5. The van der Waals surface area contributed by atoms with Gasteiger partial charge in [-0.15, -0.1) is 0 Å². The Labute approximate surface area is 302 Å². The van der Waals surface area contributed by atoms with Gasteiger partial charge < -0.3 is 25.7 Å². The molecule has 0 fully saturated rings. The summed E-state index contributed by atoms with van der Waals surface area (Å²) in [6.45, 7) is 3.95. The summed E-state index contributed by atoms with van der Waals surface area (Å²) in [4.78, 5) is 12.4. The number of hydrogen-bond donors (Lipinski definition) is 5. The molecule has 0 aliphatic heterocycles. The highest BCUT2D eigenvalue weighted by atomic mass is 16.3. The average Bonchev–Trinajstić information content (AvgIpc) is 3.11. The van der Waals surface area contributed by atoms with E-state index < -0.39 is 36.9 Å². The second-order valence-corrected chi connectivity index (χ2v) is 13.9. The first-order valence-electron chi connectivity index (χ1n) is 20.5. The zero-order valence-electron chi connectivity index (χ0n) is 31.9. The number of unbranched alkanes of at least 4 members (excludes halogenated alkanes) is 19. The van der Waals surface area contributed by atoms with Gasteiger partial charge in [0.15, 0.2) is 0 Å². The summed E-state index contributed by atoms with van der Waals surface area (Å²) >= 11 is 0. The van der Waals surface area contributed by atoms with E-state index in [2.05, 4.69) is 67.8 Å². The van der Waals surface area contributed by atoms with Crippen LogP contribution >= 0.6 is 0 Å². The van der Waals surface area contributed by atoms with E-state index in [4.69, 9.17) is 0 Å². The van der Waals surface area contributed by atoms with Gasteiger partial charge in [0.25, 0.3) is 0 Å². The standard InChI is InChI=1S/C43H79NO5/c1-3-5-7-9-11-13-14-15-16-17-18-19-20-21-22-23-24-25-26-27-29-30-32-34-36-40(46)42(48)39(38-45)44-43(49)41(47)37-35-33-31-28-12-10-8-6-4-2/h10,12,20-21,24-25,29-30,39-42,45-48H,3-9,11,13-19,22-23,26-28,31-38H2,1-2H3,(H,44,49)/b12-10-,21-20+,25-24+,30-29+. The van der Waals surface area contributed by atoms with Crippen molar-refractivity contribution < 1.29 is 25.2 Å². The minimum atomic E-state index is -1.30. The number of aliphatic hydroxyl groups is 4. The summed E-state index contributed by atoms with van der Waals surface area (Å²) < 4.78 is 0. The Bertz CT molecular complexity index is 823. The monoisotopic (exact) mass is 690 g/mol. The Morgan fingerprint density at radius 1 is 0.490 bits per heavy atom. The van der Waals surface area contributed by atoms with Crippen LogP contribution in [0.4, 0.5) is 0 Å². The van der Waals surface area contributed by atoms with Crippen molar-refractivity contribution in [2.24, 2.45) is 0 Å². The Hall–Kier alpha value is -1.73. The largest absolute Gasteiger partial charge is 0.394 e. The predicted molar refractivity (Wildman–Crippen MR) is 210 cm³/mol. The van der Waals surface area contributed by atoms with Crippen LogP contribution in [0.1, 0.15) is 187 Å². The zero-order valence-corrected chi connectivity index (χ0v) is 31.9. The Balaban J connectivity index is 3.82. The van der Waals surface area contributed by atoms with Crippen molar-refractivity contribution in [1.82, 2.24) is 5.32 Å². The lowest BCUT2D eigenvalue weighted by Crippen LogP contribution is -2.53. The Morgan fingerprint density at radius 2 is 0.878 bits per heavy atom. The van der Waals surface area contributed by atoms with Crippen LogP contribution in [0.25, 0.3) is 0 Å².